The third-order valence-corrected chi connectivity index (χ3v) is 8.43. The Morgan fingerprint density at radius 2 is 1.77 bits per heavy atom. The highest BCUT2D eigenvalue weighted by Gasteiger charge is 2.35. The van der Waals surface area contributed by atoms with Crippen molar-refractivity contribution >= 4 is 44.6 Å². The Kier molecular flexibility index (Phi) is 6.78. The molecule has 30 heavy (non-hydrogen) atoms. The van der Waals surface area contributed by atoms with E-state index in [0.717, 1.165) is 17.4 Å². The molecular formula is C18H19ClF3N3O3S2. The minimum absolute atomic E-state index is 0.149. The Balaban J connectivity index is 1.63. The second kappa shape index (κ2) is 8.83. The van der Waals surface area contributed by atoms with Crippen molar-refractivity contribution < 1.29 is 26.4 Å². The molecule has 0 unspecified atom stereocenters. The maximum atomic E-state index is 13.1. The summed E-state index contributed by atoms with van der Waals surface area (Å²) in [5, 5.41) is 2.34. The molecule has 164 valence electrons. The van der Waals surface area contributed by atoms with Crippen molar-refractivity contribution in [2.45, 2.75) is 23.4 Å². The number of amides is 1. The second-order valence-corrected chi connectivity index (χ2v) is 10.6. The van der Waals surface area contributed by atoms with Crippen LogP contribution >= 0.6 is 22.9 Å². The number of sulfonamides is 1. The van der Waals surface area contributed by atoms with Gasteiger partial charge in [0.2, 0.25) is 5.91 Å². The summed E-state index contributed by atoms with van der Waals surface area (Å²) in [4.78, 5) is 14.3. The summed E-state index contributed by atoms with van der Waals surface area (Å²) in [7, 11) is -3.67. The summed E-state index contributed by atoms with van der Waals surface area (Å²) < 4.78 is 66.5. The zero-order chi connectivity index (χ0) is 22.1. The smallest absolute Gasteiger partial charge is 0.324 e. The van der Waals surface area contributed by atoms with Crippen LogP contribution in [0.4, 0.5) is 18.9 Å². The molecule has 1 aromatic heterocycles. The summed E-state index contributed by atoms with van der Waals surface area (Å²) in [6, 6.07) is 7.00. The maximum absolute atomic E-state index is 13.1. The van der Waals surface area contributed by atoms with Crippen molar-refractivity contribution in [3.8, 4) is 0 Å². The van der Waals surface area contributed by atoms with Crippen LogP contribution in [0.1, 0.15) is 12.5 Å². The molecule has 1 aliphatic rings. The molecule has 0 saturated carbocycles. The van der Waals surface area contributed by atoms with Crippen molar-refractivity contribution in [2.75, 3.05) is 31.5 Å². The van der Waals surface area contributed by atoms with E-state index in [2.05, 4.69) is 5.32 Å². The molecule has 1 amide bonds. The molecule has 12 heteroatoms. The Hall–Kier alpha value is -1.66. The van der Waals surface area contributed by atoms with Crippen LogP contribution in [0.3, 0.4) is 0 Å². The van der Waals surface area contributed by atoms with Crippen LogP contribution < -0.4 is 5.32 Å². The number of halogens is 4. The molecule has 1 fully saturated rings. The third-order valence-electron chi connectivity index (χ3n) is 4.83. The minimum atomic E-state index is -4.59. The molecule has 0 spiro atoms. The van der Waals surface area contributed by atoms with Gasteiger partial charge in [0.25, 0.3) is 10.0 Å². The molecular weight excluding hydrogens is 463 g/mol. The van der Waals surface area contributed by atoms with Crippen LogP contribution in [0.2, 0.25) is 4.34 Å². The number of carbonyl (C=O) groups excluding carboxylic acids is 1. The van der Waals surface area contributed by atoms with Crippen molar-refractivity contribution in [1.29, 1.82) is 0 Å². The van der Waals surface area contributed by atoms with Crippen LogP contribution in [0.15, 0.2) is 40.6 Å². The number of alkyl halides is 3. The van der Waals surface area contributed by atoms with E-state index in [-0.39, 0.29) is 36.1 Å². The van der Waals surface area contributed by atoms with Gasteiger partial charge in [-0.3, -0.25) is 9.69 Å². The molecule has 0 aliphatic carbocycles. The van der Waals surface area contributed by atoms with Gasteiger partial charge in [0.1, 0.15) is 4.21 Å². The number of hydrogen-bond donors (Lipinski definition) is 1. The zero-order valence-corrected chi connectivity index (χ0v) is 18.2. The predicted octanol–water partition coefficient (Wildman–Crippen LogP) is 3.75. The highest BCUT2D eigenvalue weighted by Crippen LogP contribution is 2.34. The van der Waals surface area contributed by atoms with Crippen molar-refractivity contribution in [1.82, 2.24) is 9.21 Å². The molecule has 6 nitrogen and oxygen atoms in total. The van der Waals surface area contributed by atoms with Gasteiger partial charge in [0.15, 0.2) is 0 Å². The fraction of sp³-hybridized carbons (Fsp3) is 0.389. The van der Waals surface area contributed by atoms with Gasteiger partial charge in [-0.1, -0.05) is 23.7 Å². The first-order valence-electron chi connectivity index (χ1n) is 8.97. The number of anilines is 1. The van der Waals surface area contributed by atoms with Crippen molar-refractivity contribution in [3.63, 3.8) is 0 Å². The Morgan fingerprint density at radius 3 is 2.33 bits per heavy atom. The average molecular weight is 482 g/mol. The molecule has 2 heterocycles. The summed E-state index contributed by atoms with van der Waals surface area (Å²) in [5.74, 6) is -0.590. The van der Waals surface area contributed by atoms with Gasteiger partial charge in [-0.25, -0.2) is 8.42 Å². The van der Waals surface area contributed by atoms with E-state index in [9.17, 15) is 26.4 Å². The number of para-hydroxylation sites is 1. The van der Waals surface area contributed by atoms with Crippen molar-refractivity contribution in [2.24, 2.45) is 0 Å². The second-order valence-electron chi connectivity index (χ2n) is 6.71. The van der Waals surface area contributed by atoms with Crippen LogP contribution in [0, 0.1) is 0 Å². The summed E-state index contributed by atoms with van der Waals surface area (Å²) in [6.07, 6.45) is -4.59. The largest absolute Gasteiger partial charge is 0.418 e. The van der Waals surface area contributed by atoms with Crippen LogP contribution in [-0.4, -0.2) is 55.8 Å². The number of hydrogen-bond acceptors (Lipinski definition) is 5. The molecule has 1 N–H and O–H groups in total. The van der Waals surface area contributed by atoms with Gasteiger partial charge in [0, 0.05) is 26.2 Å². The highest BCUT2D eigenvalue weighted by molar-refractivity contribution is 7.91. The number of benzene rings is 1. The quantitative estimate of drug-likeness (QED) is 0.706. The fourth-order valence-corrected chi connectivity index (χ4v) is 6.20. The fourth-order valence-electron chi connectivity index (χ4n) is 3.14. The molecule has 1 atom stereocenters. The number of carbonyl (C=O) groups is 1. The molecule has 1 saturated heterocycles. The molecule has 0 bridgehead atoms. The average Bonchev–Trinajstić information content (AvgIpc) is 3.14. The number of thiophene rings is 1. The van der Waals surface area contributed by atoms with E-state index in [0.29, 0.717) is 4.34 Å². The van der Waals surface area contributed by atoms with E-state index in [1.165, 1.54) is 34.6 Å². The van der Waals surface area contributed by atoms with E-state index >= 15 is 0 Å². The number of piperazine rings is 1. The maximum Gasteiger partial charge on any atom is 0.418 e. The highest BCUT2D eigenvalue weighted by atomic mass is 35.5. The lowest BCUT2D eigenvalue weighted by molar-refractivity contribution is -0.137. The van der Waals surface area contributed by atoms with E-state index < -0.39 is 33.7 Å². The van der Waals surface area contributed by atoms with E-state index in [4.69, 9.17) is 11.6 Å². The normalized spacial score (nSPS) is 17.6. The predicted molar refractivity (Wildman–Crippen MR) is 109 cm³/mol. The SMILES string of the molecule is C[C@H](C(=O)Nc1ccccc1C(F)(F)F)N1CCN(S(=O)(=O)c2ccc(Cl)s2)CC1. The van der Waals surface area contributed by atoms with Gasteiger partial charge >= 0.3 is 6.18 Å². The van der Waals surface area contributed by atoms with Gasteiger partial charge < -0.3 is 5.32 Å². The first-order chi connectivity index (χ1) is 14.0. The van der Waals surface area contributed by atoms with Gasteiger partial charge in [-0.05, 0) is 31.2 Å². The van der Waals surface area contributed by atoms with Gasteiger partial charge in [-0.15, -0.1) is 11.3 Å². The number of rotatable bonds is 5. The van der Waals surface area contributed by atoms with Crippen LogP contribution in [-0.2, 0) is 21.0 Å². The Morgan fingerprint density at radius 1 is 1.13 bits per heavy atom. The summed E-state index contributed by atoms with van der Waals surface area (Å²) in [5.41, 5.74) is -1.23. The Labute approximate surface area is 181 Å². The van der Waals surface area contributed by atoms with Crippen LogP contribution in [0.25, 0.3) is 0 Å². The minimum Gasteiger partial charge on any atom is -0.324 e. The third kappa shape index (κ3) is 4.97. The molecule has 3 rings (SSSR count). The zero-order valence-electron chi connectivity index (χ0n) is 15.8. The molecule has 1 aromatic carbocycles. The topological polar surface area (TPSA) is 69.7 Å². The molecule has 2 aromatic rings. The van der Waals surface area contributed by atoms with Crippen molar-refractivity contribution in [3.05, 3.63) is 46.3 Å². The number of nitrogens with zero attached hydrogens (tertiary/aromatic N) is 2. The van der Waals surface area contributed by atoms with E-state index in [1.54, 1.807) is 11.8 Å². The first-order valence-corrected chi connectivity index (χ1v) is 11.6. The van der Waals surface area contributed by atoms with Crippen LogP contribution in [0.5, 0.6) is 0 Å². The lowest BCUT2D eigenvalue weighted by atomic mass is 10.1. The lowest BCUT2D eigenvalue weighted by Crippen LogP contribution is -2.53. The van der Waals surface area contributed by atoms with Gasteiger partial charge in [-0.2, -0.15) is 17.5 Å². The molecule has 0 radical (unpaired) electrons. The summed E-state index contributed by atoms with van der Waals surface area (Å²) in [6.45, 7) is 2.44. The van der Waals surface area contributed by atoms with E-state index in [1.807, 2.05) is 0 Å². The standard InChI is InChI=1S/C18H19ClF3N3O3S2/c1-12(17(26)23-14-5-3-2-4-13(14)18(20,21)22)24-8-10-25(11-9-24)30(27,28)16-7-6-15(19)29-16/h2-7,12H,8-11H2,1H3,(H,23,26)/t12-/m1/s1. The molecule has 1 aliphatic heterocycles. The van der Waals surface area contributed by atoms with Gasteiger partial charge in [0.05, 0.1) is 21.6 Å². The number of nitrogens with one attached hydrogen (secondary N) is 1. The Bertz CT molecular complexity index is 1020. The monoisotopic (exact) mass is 481 g/mol. The first kappa shape index (κ1) is 23.0. The summed E-state index contributed by atoms with van der Waals surface area (Å²) >= 11 is 6.79. The lowest BCUT2D eigenvalue weighted by Gasteiger charge is -2.36.